The van der Waals surface area contributed by atoms with Crippen molar-refractivity contribution in [3.8, 4) is 23.2 Å². The number of nitrogens with zero attached hydrogens (tertiary/aromatic N) is 7. The first kappa shape index (κ1) is 31.7. The van der Waals surface area contributed by atoms with Gasteiger partial charge in [0.05, 0.1) is 31.4 Å². The van der Waals surface area contributed by atoms with Gasteiger partial charge in [0.15, 0.2) is 12.0 Å². The second-order valence-electron chi connectivity index (χ2n) is 12.7. The molecule has 2 N–H and O–H groups in total. The zero-order valence-electron chi connectivity index (χ0n) is 26.8. The molecule has 0 saturated carbocycles. The summed E-state index contributed by atoms with van der Waals surface area (Å²) in [5, 5.41) is 15.8. The van der Waals surface area contributed by atoms with Crippen molar-refractivity contribution in [3.05, 3.63) is 53.9 Å². The number of piperazine rings is 1. The minimum Gasteiger partial charge on any atom is -0.486 e. The number of benzene rings is 2. The molecule has 7 rings (SSSR count). The second kappa shape index (κ2) is 13.7. The number of aromatic nitrogens is 3. The van der Waals surface area contributed by atoms with E-state index in [1.54, 1.807) is 18.2 Å². The number of nitrogens with one attached hydrogen (secondary N) is 2. The van der Waals surface area contributed by atoms with Crippen LogP contribution < -0.4 is 20.3 Å². The minimum absolute atomic E-state index is 0.133. The number of likely N-dealkylation sites (tertiary alicyclic amines) is 1. The van der Waals surface area contributed by atoms with Crippen molar-refractivity contribution in [2.24, 2.45) is 0 Å². The number of amides is 2. The predicted octanol–water partition coefficient (Wildman–Crippen LogP) is 2.58. The van der Waals surface area contributed by atoms with Crippen LogP contribution in [0.2, 0.25) is 0 Å². The van der Waals surface area contributed by atoms with E-state index in [9.17, 15) is 14.9 Å². The lowest BCUT2D eigenvalue weighted by atomic mass is 10.0. The number of carbonyl (C=O) groups is 2. The molecule has 2 amide bonds. The van der Waals surface area contributed by atoms with Gasteiger partial charge in [-0.15, -0.1) is 0 Å². The van der Waals surface area contributed by atoms with E-state index in [0.29, 0.717) is 42.8 Å². The first-order valence-electron chi connectivity index (χ1n) is 16.4. The molecular weight excluding hydrogens is 617 g/mol. The van der Waals surface area contributed by atoms with Crippen molar-refractivity contribution in [3.63, 3.8) is 0 Å². The standard InChI is InChI=1S/C34H38FN9O4/c1-21-14-24(3-5-28(21)43-12-10-42(11-13-43)25-18-47-19-25)39-34-38-20-37-32(41-34)22-2-6-29(23(15-22)16-36)48-30-8-9-44(17-26(30)35)33(46)27-4-7-31(45)40-27/h2-3,5-6,14-15,20,25-27,30H,4,7-13,17-19H2,1H3,(H,40,45)(H,37,38,39,41)/t26-,27+,30+/m1/s1. The number of halogens is 1. The van der Waals surface area contributed by atoms with Crippen LogP contribution in [0, 0.1) is 18.3 Å². The van der Waals surface area contributed by atoms with Gasteiger partial charge in [-0.2, -0.15) is 10.2 Å². The van der Waals surface area contributed by atoms with Crippen LogP contribution in [-0.4, -0.2) is 113 Å². The molecule has 2 aromatic carbocycles. The Balaban J connectivity index is 0.972. The normalized spacial score (nSPS) is 23.3. The Morgan fingerprint density at radius 3 is 2.62 bits per heavy atom. The number of carbonyl (C=O) groups excluding carboxylic acids is 2. The fraction of sp³-hybridized carbons (Fsp3) is 0.471. The Morgan fingerprint density at radius 1 is 1.10 bits per heavy atom. The van der Waals surface area contributed by atoms with E-state index >= 15 is 4.39 Å². The van der Waals surface area contributed by atoms with Crippen LogP contribution in [0.4, 0.5) is 21.7 Å². The van der Waals surface area contributed by atoms with Gasteiger partial charge in [-0.1, -0.05) is 0 Å². The summed E-state index contributed by atoms with van der Waals surface area (Å²) in [4.78, 5) is 43.8. The summed E-state index contributed by atoms with van der Waals surface area (Å²) in [5.74, 6) is 0.542. The molecule has 1 aromatic heterocycles. The fourth-order valence-corrected chi connectivity index (χ4v) is 6.73. The van der Waals surface area contributed by atoms with Crippen LogP contribution in [0.3, 0.4) is 0 Å². The largest absolute Gasteiger partial charge is 0.486 e. The number of piperidine rings is 1. The van der Waals surface area contributed by atoms with Gasteiger partial charge in [0, 0.05) is 62.5 Å². The van der Waals surface area contributed by atoms with Gasteiger partial charge in [0.1, 0.15) is 30.3 Å². The second-order valence-corrected chi connectivity index (χ2v) is 12.7. The highest BCUT2D eigenvalue weighted by atomic mass is 19.1. The number of rotatable bonds is 8. The lowest BCUT2D eigenvalue weighted by Gasteiger charge is -2.43. The molecule has 48 heavy (non-hydrogen) atoms. The van der Waals surface area contributed by atoms with E-state index in [2.05, 4.69) is 60.5 Å². The molecule has 5 heterocycles. The molecule has 0 bridgehead atoms. The van der Waals surface area contributed by atoms with Crippen molar-refractivity contribution in [1.82, 2.24) is 30.1 Å². The summed E-state index contributed by atoms with van der Waals surface area (Å²) in [5.41, 5.74) is 4.01. The number of alkyl halides is 1. The Bertz CT molecular complexity index is 1720. The van der Waals surface area contributed by atoms with Gasteiger partial charge < -0.3 is 29.9 Å². The third-order valence-corrected chi connectivity index (χ3v) is 9.54. The Hall–Kier alpha value is -4.87. The monoisotopic (exact) mass is 655 g/mol. The maximum absolute atomic E-state index is 15.2. The van der Waals surface area contributed by atoms with E-state index in [1.807, 2.05) is 6.07 Å². The van der Waals surface area contributed by atoms with Gasteiger partial charge >= 0.3 is 0 Å². The van der Waals surface area contributed by atoms with Crippen LogP contribution in [0.5, 0.6) is 5.75 Å². The van der Waals surface area contributed by atoms with Crippen molar-refractivity contribution in [2.75, 3.05) is 62.7 Å². The van der Waals surface area contributed by atoms with Crippen molar-refractivity contribution < 1.29 is 23.5 Å². The summed E-state index contributed by atoms with van der Waals surface area (Å²) in [6.07, 6.45) is 0.126. The molecule has 4 aliphatic rings. The fourth-order valence-electron chi connectivity index (χ4n) is 6.73. The van der Waals surface area contributed by atoms with Crippen LogP contribution in [-0.2, 0) is 14.3 Å². The van der Waals surface area contributed by atoms with Crippen molar-refractivity contribution in [2.45, 2.75) is 50.5 Å². The van der Waals surface area contributed by atoms with E-state index in [0.717, 1.165) is 50.6 Å². The topological polar surface area (TPSA) is 149 Å². The average molecular weight is 656 g/mol. The summed E-state index contributed by atoms with van der Waals surface area (Å²) >= 11 is 0. The third-order valence-electron chi connectivity index (χ3n) is 9.54. The van der Waals surface area contributed by atoms with Gasteiger partial charge in [-0.3, -0.25) is 14.5 Å². The zero-order valence-corrected chi connectivity index (χ0v) is 26.8. The zero-order chi connectivity index (χ0) is 33.2. The molecule has 4 aliphatic heterocycles. The lowest BCUT2D eigenvalue weighted by Crippen LogP contribution is -2.56. The van der Waals surface area contributed by atoms with Crippen LogP contribution in [0.15, 0.2) is 42.7 Å². The Morgan fingerprint density at radius 2 is 1.94 bits per heavy atom. The number of ether oxygens (including phenoxy) is 2. The highest BCUT2D eigenvalue weighted by Gasteiger charge is 2.38. The first-order chi connectivity index (χ1) is 23.3. The Labute approximate surface area is 278 Å². The summed E-state index contributed by atoms with van der Waals surface area (Å²) in [6.45, 7) is 7.97. The Kier molecular flexibility index (Phi) is 9.05. The number of hydrogen-bond acceptors (Lipinski definition) is 11. The molecule has 3 atom stereocenters. The number of nitriles is 1. The molecule has 3 aromatic rings. The van der Waals surface area contributed by atoms with Crippen molar-refractivity contribution in [1.29, 1.82) is 5.26 Å². The molecule has 0 aliphatic carbocycles. The van der Waals surface area contributed by atoms with Gasteiger partial charge in [0.2, 0.25) is 17.8 Å². The smallest absolute Gasteiger partial charge is 0.245 e. The maximum Gasteiger partial charge on any atom is 0.245 e. The highest BCUT2D eigenvalue weighted by Crippen LogP contribution is 2.30. The molecule has 13 nitrogen and oxygen atoms in total. The maximum atomic E-state index is 15.2. The van der Waals surface area contributed by atoms with E-state index in [-0.39, 0.29) is 36.1 Å². The number of anilines is 3. The van der Waals surface area contributed by atoms with Crippen molar-refractivity contribution >= 4 is 29.1 Å². The van der Waals surface area contributed by atoms with Crippen LogP contribution >= 0.6 is 0 Å². The third kappa shape index (κ3) is 6.74. The lowest BCUT2D eigenvalue weighted by molar-refractivity contribution is -0.138. The highest BCUT2D eigenvalue weighted by molar-refractivity contribution is 5.90. The number of aryl methyl sites for hydroxylation is 1. The molecule has 0 spiro atoms. The summed E-state index contributed by atoms with van der Waals surface area (Å²) in [7, 11) is 0. The van der Waals surface area contributed by atoms with Crippen LogP contribution in [0.1, 0.15) is 30.4 Å². The summed E-state index contributed by atoms with van der Waals surface area (Å²) in [6, 6.07) is 13.3. The molecule has 4 fully saturated rings. The molecular formula is C34H38FN9O4. The minimum atomic E-state index is -1.45. The molecule has 14 heteroatoms. The first-order valence-corrected chi connectivity index (χ1v) is 16.4. The van der Waals surface area contributed by atoms with Gasteiger partial charge in [-0.25, -0.2) is 14.4 Å². The van der Waals surface area contributed by atoms with Gasteiger partial charge in [-0.05, 0) is 55.3 Å². The predicted molar refractivity (Wildman–Crippen MR) is 175 cm³/mol. The van der Waals surface area contributed by atoms with E-state index in [4.69, 9.17) is 9.47 Å². The molecule has 0 unspecified atom stereocenters. The van der Waals surface area contributed by atoms with Crippen LogP contribution in [0.25, 0.3) is 11.4 Å². The molecule has 250 valence electrons. The van der Waals surface area contributed by atoms with Gasteiger partial charge in [0.25, 0.3) is 0 Å². The van der Waals surface area contributed by atoms with E-state index in [1.165, 1.54) is 16.9 Å². The SMILES string of the molecule is Cc1cc(Nc2ncnc(-c3ccc(O[C@H]4CCN(C(=O)[C@@H]5CCC(=O)N5)C[C@H]4F)c(C#N)c3)n2)ccc1N1CCN(C2COC2)CC1. The van der Waals surface area contributed by atoms with E-state index < -0.39 is 18.3 Å². The average Bonchev–Trinajstić information content (AvgIpc) is 3.51. The summed E-state index contributed by atoms with van der Waals surface area (Å²) < 4.78 is 26.5. The molecule has 0 radical (unpaired) electrons. The number of hydrogen-bond donors (Lipinski definition) is 2. The quantitative estimate of drug-likeness (QED) is 0.369. The molecule has 4 saturated heterocycles.